The maximum atomic E-state index is 12.1. The lowest BCUT2D eigenvalue weighted by atomic mass is 9.67. The molecule has 0 aliphatic heterocycles. The van der Waals surface area contributed by atoms with Gasteiger partial charge in [0.05, 0.1) is 0 Å². The Morgan fingerprint density at radius 2 is 1.05 bits per heavy atom. The third-order valence-corrected chi connectivity index (χ3v) is 9.25. The fraction of sp³-hybridized carbons (Fsp3) is 0.333. The molecule has 4 heteroatoms. The molecule has 1 aromatic heterocycles. The first-order valence-corrected chi connectivity index (χ1v) is 14.8. The van der Waals surface area contributed by atoms with E-state index in [1.807, 2.05) is 24.3 Å². The van der Waals surface area contributed by atoms with Gasteiger partial charge in [0.2, 0.25) is 0 Å². The van der Waals surface area contributed by atoms with Crippen LogP contribution in [0.25, 0.3) is 16.7 Å². The summed E-state index contributed by atoms with van der Waals surface area (Å²) in [4.78, 5) is 1.64. The van der Waals surface area contributed by atoms with Gasteiger partial charge in [-0.1, -0.05) is 107 Å². The third kappa shape index (κ3) is 5.15. The summed E-state index contributed by atoms with van der Waals surface area (Å²) in [7, 11) is 0. The van der Waals surface area contributed by atoms with E-state index in [4.69, 9.17) is 10.2 Å². The molecule has 1 heterocycles. The van der Waals surface area contributed by atoms with Crippen LogP contribution in [0.2, 0.25) is 0 Å². The van der Waals surface area contributed by atoms with Crippen molar-refractivity contribution in [3.63, 3.8) is 0 Å². The summed E-state index contributed by atoms with van der Waals surface area (Å²) < 4.78 is 0. The number of hydrogen-bond acceptors (Lipinski definition) is 3. The summed E-state index contributed by atoms with van der Waals surface area (Å²) >= 11 is 0. The Morgan fingerprint density at radius 1 is 0.600 bits per heavy atom. The molecule has 4 aromatic carbocycles. The molecule has 40 heavy (non-hydrogen) atoms. The van der Waals surface area contributed by atoms with E-state index in [0.29, 0.717) is 5.69 Å². The molecular weight excluding hydrogens is 490 g/mol. The lowest BCUT2D eigenvalue weighted by Gasteiger charge is -2.38. The second kappa shape index (κ2) is 11.7. The molecule has 0 saturated carbocycles. The number of hydrogen-bond donors (Lipinski definition) is 1. The van der Waals surface area contributed by atoms with Gasteiger partial charge in [-0.3, -0.25) is 0 Å². The monoisotopic (exact) mass is 531 g/mol. The summed E-state index contributed by atoms with van der Waals surface area (Å²) in [5.74, 6) is 0.282. The van der Waals surface area contributed by atoms with E-state index in [2.05, 4.69) is 100 Å². The minimum atomic E-state index is -0.233. The second-order valence-corrected chi connectivity index (χ2v) is 11.2. The number of phenols is 1. The van der Waals surface area contributed by atoms with E-state index in [1.165, 1.54) is 16.7 Å². The number of benzene rings is 4. The molecule has 1 N–H and O–H groups in total. The molecule has 0 aliphatic carbocycles. The Balaban J connectivity index is 1.76. The number of aromatic nitrogens is 3. The molecule has 0 amide bonds. The topological polar surface area (TPSA) is 50.9 Å². The van der Waals surface area contributed by atoms with Crippen molar-refractivity contribution in [2.45, 2.75) is 77.0 Å². The number of fused-ring (bicyclic) bond motifs is 1. The van der Waals surface area contributed by atoms with Crippen LogP contribution in [0.1, 0.15) is 75.6 Å². The van der Waals surface area contributed by atoms with E-state index >= 15 is 0 Å². The fourth-order valence-electron chi connectivity index (χ4n) is 6.41. The molecule has 0 bridgehead atoms. The predicted molar refractivity (Wildman–Crippen MR) is 165 cm³/mol. The molecule has 206 valence electrons. The lowest BCUT2D eigenvalue weighted by Crippen LogP contribution is -2.31. The van der Waals surface area contributed by atoms with Gasteiger partial charge >= 0.3 is 0 Å². The summed E-state index contributed by atoms with van der Waals surface area (Å²) in [6.45, 7) is 9.07. The van der Waals surface area contributed by atoms with E-state index in [1.54, 1.807) is 4.80 Å². The maximum Gasteiger partial charge on any atom is 0.146 e. The largest absolute Gasteiger partial charge is 0.505 e. The highest BCUT2D eigenvalue weighted by Crippen LogP contribution is 2.46. The Kier molecular flexibility index (Phi) is 8.07. The molecule has 0 spiro atoms. The zero-order valence-corrected chi connectivity index (χ0v) is 24.3. The quantitative estimate of drug-likeness (QED) is 0.185. The average molecular weight is 532 g/mol. The number of nitrogens with zero attached hydrogens (tertiary/aromatic N) is 3. The zero-order chi connectivity index (χ0) is 28.2. The first-order valence-electron chi connectivity index (χ1n) is 14.8. The summed E-state index contributed by atoms with van der Waals surface area (Å²) in [6, 6.07) is 33.8. The van der Waals surface area contributed by atoms with Gasteiger partial charge in [-0.15, -0.1) is 15.0 Å². The molecule has 0 unspecified atom stereocenters. The van der Waals surface area contributed by atoms with Crippen molar-refractivity contribution in [3.8, 4) is 11.4 Å². The van der Waals surface area contributed by atoms with Crippen molar-refractivity contribution in [1.82, 2.24) is 15.0 Å². The third-order valence-electron chi connectivity index (χ3n) is 9.25. The molecule has 0 fully saturated rings. The summed E-state index contributed by atoms with van der Waals surface area (Å²) in [5.41, 5.74) is 6.80. The van der Waals surface area contributed by atoms with E-state index in [0.717, 1.165) is 55.1 Å². The van der Waals surface area contributed by atoms with Crippen LogP contribution >= 0.6 is 0 Å². The number of phenolic OH excluding ortho intramolecular Hbond substituents is 1. The van der Waals surface area contributed by atoms with Crippen molar-refractivity contribution in [1.29, 1.82) is 0 Å². The van der Waals surface area contributed by atoms with Crippen molar-refractivity contribution in [2.75, 3.05) is 0 Å². The van der Waals surface area contributed by atoms with E-state index in [9.17, 15) is 5.11 Å². The molecule has 0 saturated heterocycles. The average Bonchev–Trinajstić information content (AvgIpc) is 3.44. The van der Waals surface area contributed by atoms with Crippen molar-refractivity contribution in [2.24, 2.45) is 0 Å². The van der Waals surface area contributed by atoms with Gasteiger partial charge in [-0.2, -0.15) is 0 Å². The Bertz CT molecular complexity index is 1510. The van der Waals surface area contributed by atoms with Crippen LogP contribution in [-0.2, 0) is 23.7 Å². The highest BCUT2D eigenvalue weighted by Gasteiger charge is 2.37. The van der Waals surface area contributed by atoms with Crippen molar-refractivity contribution in [3.05, 3.63) is 119 Å². The van der Waals surface area contributed by atoms with Crippen molar-refractivity contribution >= 4 is 11.0 Å². The first kappa shape index (κ1) is 27.6. The standard InChI is InChI=1S/C36H41N3O/c1-5-35(6-2,25-27-17-11-9-12-18-27)29-23-30(36(7-3,8-4)26-28-19-13-10-14-20-28)34(40)33(24-29)39-37-31-21-15-16-22-32(31)38-39/h9-24,40H,5-8,25-26H2,1-4H3. The molecule has 5 aromatic rings. The van der Waals surface area contributed by atoms with Gasteiger partial charge < -0.3 is 5.11 Å². The maximum absolute atomic E-state index is 12.1. The minimum absolute atomic E-state index is 0.0922. The van der Waals surface area contributed by atoms with Crippen LogP contribution in [0, 0.1) is 0 Å². The second-order valence-electron chi connectivity index (χ2n) is 11.2. The minimum Gasteiger partial charge on any atom is -0.505 e. The van der Waals surface area contributed by atoms with Crippen LogP contribution in [0.4, 0.5) is 0 Å². The number of rotatable bonds is 11. The van der Waals surface area contributed by atoms with Crippen LogP contribution in [0.3, 0.4) is 0 Å². The van der Waals surface area contributed by atoms with Crippen LogP contribution < -0.4 is 0 Å². The SMILES string of the molecule is CCC(CC)(Cc1ccccc1)c1cc(-n2nc3ccccc3n2)c(O)c(C(CC)(CC)Cc2ccccc2)c1. The molecule has 0 aliphatic rings. The van der Waals surface area contributed by atoms with Gasteiger partial charge in [-0.05, 0) is 78.8 Å². The van der Waals surface area contributed by atoms with Crippen LogP contribution in [0.15, 0.2) is 97.1 Å². The molecule has 0 radical (unpaired) electrons. The van der Waals surface area contributed by atoms with Gasteiger partial charge in [0, 0.05) is 11.0 Å². The lowest BCUT2D eigenvalue weighted by molar-refractivity contribution is 0.357. The van der Waals surface area contributed by atoms with Crippen LogP contribution in [-0.4, -0.2) is 20.1 Å². The predicted octanol–water partition coefficient (Wildman–Crippen LogP) is 8.73. The molecular formula is C36H41N3O. The van der Waals surface area contributed by atoms with E-state index in [-0.39, 0.29) is 16.6 Å². The smallest absolute Gasteiger partial charge is 0.146 e. The zero-order valence-electron chi connectivity index (χ0n) is 24.3. The van der Waals surface area contributed by atoms with Crippen LogP contribution in [0.5, 0.6) is 5.75 Å². The van der Waals surface area contributed by atoms with E-state index < -0.39 is 0 Å². The molecule has 0 atom stereocenters. The number of aromatic hydroxyl groups is 1. The summed E-state index contributed by atoms with van der Waals surface area (Å²) in [5, 5.41) is 21.7. The summed E-state index contributed by atoms with van der Waals surface area (Å²) in [6.07, 6.45) is 5.58. The highest BCUT2D eigenvalue weighted by molar-refractivity contribution is 5.74. The van der Waals surface area contributed by atoms with Crippen molar-refractivity contribution < 1.29 is 5.11 Å². The Labute approximate surface area is 238 Å². The van der Waals surface area contributed by atoms with Gasteiger partial charge in [0.25, 0.3) is 0 Å². The molecule has 5 rings (SSSR count). The fourth-order valence-corrected chi connectivity index (χ4v) is 6.41. The van der Waals surface area contributed by atoms with Gasteiger partial charge in [0.1, 0.15) is 22.5 Å². The Morgan fingerprint density at radius 3 is 1.52 bits per heavy atom. The van der Waals surface area contributed by atoms with Gasteiger partial charge in [-0.25, -0.2) is 0 Å². The van der Waals surface area contributed by atoms with Gasteiger partial charge in [0.15, 0.2) is 0 Å². The normalized spacial score (nSPS) is 12.2. The highest BCUT2D eigenvalue weighted by atomic mass is 16.3. The molecule has 4 nitrogen and oxygen atoms in total. The Hall–Kier alpha value is -3.92. The first-order chi connectivity index (χ1) is 19.5.